The highest BCUT2D eigenvalue weighted by molar-refractivity contribution is 7.15. The van der Waals surface area contributed by atoms with Gasteiger partial charge in [0.15, 0.2) is 5.78 Å². The number of hydrogen-bond acceptors (Lipinski definition) is 5. The molecule has 7 heteroatoms. The minimum atomic E-state index is -0.255. The van der Waals surface area contributed by atoms with E-state index in [4.69, 9.17) is 0 Å². The van der Waals surface area contributed by atoms with Gasteiger partial charge < -0.3 is 4.98 Å². The number of carbonyl (C=O) groups excluding carboxylic acids is 2. The summed E-state index contributed by atoms with van der Waals surface area (Å²) in [6.07, 6.45) is 5.65. The molecule has 1 aromatic carbocycles. The van der Waals surface area contributed by atoms with Crippen LogP contribution in [0.2, 0.25) is 0 Å². The molecule has 0 aliphatic heterocycles. The molecular formula is C17H14N4O2S. The van der Waals surface area contributed by atoms with E-state index in [2.05, 4.69) is 20.5 Å². The molecule has 2 N–H and O–H groups in total. The lowest BCUT2D eigenvalue weighted by atomic mass is 10.0. The van der Waals surface area contributed by atoms with E-state index in [0.717, 1.165) is 17.8 Å². The van der Waals surface area contributed by atoms with Crippen LogP contribution in [0.5, 0.6) is 0 Å². The molecule has 0 radical (unpaired) electrons. The van der Waals surface area contributed by atoms with Gasteiger partial charge in [0.1, 0.15) is 5.01 Å². The Kier molecular flexibility index (Phi) is 3.70. The highest BCUT2D eigenvalue weighted by atomic mass is 32.1. The molecule has 0 atom stereocenters. The average molecular weight is 338 g/mol. The van der Waals surface area contributed by atoms with Crippen molar-refractivity contribution in [2.45, 2.75) is 18.8 Å². The second kappa shape index (κ2) is 6.01. The molecule has 24 heavy (non-hydrogen) atoms. The minimum Gasteiger partial charge on any atom is -0.367 e. The number of nitrogens with one attached hydrogen (secondary N) is 2. The predicted molar refractivity (Wildman–Crippen MR) is 90.5 cm³/mol. The lowest BCUT2D eigenvalue weighted by molar-refractivity contribution is 0.102. The van der Waals surface area contributed by atoms with Gasteiger partial charge in [-0.05, 0) is 31.0 Å². The maximum absolute atomic E-state index is 12.3. The van der Waals surface area contributed by atoms with E-state index in [-0.39, 0.29) is 11.7 Å². The molecule has 0 saturated heterocycles. The van der Waals surface area contributed by atoms with Crippen molar-refractivity contribution in [3.05, 3.63) is 64.4 Å². The van der Waals surface area contributed by atoms with Crippen molar-refractivity contribution in [3.63, 3.8) is 0 Å². The quantitative estimate of drug-likeness (QED) is 0.699. The van der Waals surface area contributed by atoms with Gasteiger partial charge in [0.2, 0.25) is 5.13 Å². The third-order valence-corrected chi connectivity index (χ3v) is 4.86. The predicted octanol–water partition coefficient (Wildman–Crippen LogP) is 3.23. The Morgan fingerprint density at radius 3 is 2.46 bits per heavy atom. The number of H-pyrrole nitrogens is 1. The first kappa shape index (κ1) is 14.8. The number of ketones is 1. The van der Waals surface area contributed by atoms with Gasteiger partial charge in [-0.3, -0.25) is 14.9 Å². The van der Waals surface area contributed by atoms with Crippen molar-refractivity contribution < 1.29 is 9.59 Å². The zero-order valence-corrected chi connectivity index (χ0v) is 13.5. The van der Waals surface area contributed by atoms with Crippen LogP contribution >= 0.6 is 11.3 Å². The van der Waals surface area contributed by atoms with Gasteiger partial charge in [0.25, 0.3) is 5.91 Å². The first-order chi connectivity index (χ1) is 11.7. The lowest BCUT2D eigenvalue weighted by Gasteiger charge is -2.03. The van der Waals surface area contributed by atoms with Crippen molar-refractivity contribution in [1.82, 2.24) is 15.2 Å². The van der Waals surface area contributed by atoms with Crippen LogP contribution in [0.25, 0.3) is 0 Å². The Hall–Kier alpha value is -2.80. The summed E-state index contributed by atoms with van der Waals surface area (Å²) < 4.78 is 0. The molecule has 2 heterocycles. The molecule has 3 aromatic rings. The van der Waals surface area contributed by atoms with Crippen LogP contribution in [-0.4, -0.2) is 26.9 Å². The smallest absolute Gasteiger partial charge is 0.257 e. The number of aromatic nitrogens is 3. The van der Waals surface area contributed by atoms with Crippen molar-refractivity contribution in [2.24, 2.45) is 0 Å². The van der Waals surface area contributed by atoms with Crippen LogP contribution in [0.1, 0.15) is 50.0 Å². The number of anilines is 1. The van der Waals surface area contributed by atoms with Crippen molar-refractivity contribution in [1.29, 1.82) is 0 Å². The summed E-state index contributed by atoms with van der Waals surface area (Å²) >= 11 is 1.42. The van der Waals surface area contributed by atoms with E-state index >= 15 is 0 Å². The Bertz CT molecular complexity index is 880. The summed E-state index contributed by atoms with van der Waals surface area (Å²) in [5, 5.41) is 12.3. The van der Waals surface area contributed by atoms with Crippen molar-refractivity contribution in [3.8, 4) is 0 Å². The standard InChI is InChI=1S/C17H14N4O2S/c22-14(13-7-8-18-9-13)10-1-3-11(4-2-10)15(23)19-17-21-20-16(24-17)12-5-6-12/h1-4,7-9,12,18H,5-6H2,(H,19,21,23). The second-order valence-electron chi connectivity index (χ2n) is 5.68. The number of aromatic amines is 1. The van der Waals surface area contributed by atoms with Crippen LogP contribution in [0, 0.1) is 0 Å². The molecule has 0 spiro atoms. The summed E-state index contributed by atoms with van der Waals surface area (Å²) in [5.41, 5.74) is 1.61. The molecular weight excluding hydrogens is 324 g/mol. The van der Waals surface area contributed by atoms with E-state index in [9.17, 15) is 9.59 Å². The topological polar surface area (TPSA) is 87.7 Å². The molecule has 0 bridgehead atoms. The van der Waals surface area contributed by atoms with Gasteiger partial charge in [0.05, 0.1) is 0 Å². The van der Waals surface area contributed by atoms with Gasteiger partial charge in [-0.25, -0.2) is 0 Å². The number of rotatable bonds is 5. The fraction of sp³-hybridized carbons (Fsp3) is 0.176. The molecule has 6 nitrogen and oxygen atoms in total. The monoisotopic (exact) mass is 338 g/mol. The van der Waals surface area contributed by atoms with Gasteiger partial charge in [-0.2, -0.15) is 0 Å². The second-order valence-corrected chi connectivity index (χ2v) is 6.69. The molecule has 1 aliphatic rings. The third-order valence-electron chi connectivity index (χ3n) is 3.86. The van der Waals surface area contributed by atoms with E-state index in [0.29, 0.717) is 27.7 Å². The minimum absolute atomic E-state index is 0.0820. The highest BCUT2D eigenvalue weighted by Crippen LogP contribution is 2.42. The van der Waals surface area contributed by atoms with Crippen LogP contribution in [0.3, 0.4) is 0 Å². The number of nitrogens with zero attached hydrogens (tertiary/aromatic N) is 2. The van der Waals surface area contributed by atoms with Crippen molar-refractivity contribution >= 4 is 28.2 Å². The number of benzene rings is 1. The molecule has 2 aromatic heterocycles. The zero-order valence-electron chi connectivity index (χ0n) is 12.7. The fourth-order valence-corrected chi connectivity index (χ4v) is 3.26. The first-order valence-corrected chi connectivity index (χ1v) is 8.44. The Morgan fingerprint density at radius 2 is 1.79 bits per heavy atom. The van der Waals surface area contributed by atoms with Gasteiger partial charge in [0, 0.05) is 35.0 Å². The Morgan fingerprint density at radius 1 is 1.04 bits per heavy atom. The fourth-order valence-electron chi connectivity index (χ4n) is 2.35. The SMILES string of the molecule is O=C(Nc1nnc(C2CC2)s1)c1ccc(C(=O)c2cc[nH]c2)cc1. The summed E-state index contributed by atoms with van der Waals surface area (Å²) in [6, 6.07) is 8.30. The summed E-state index contributed by atoms with van der Waals surface area (Å²) in [5.74, 6) is 0.183. The highest BCUT2D eigenvalue weighted by Gasteiger charge is 2.27. The maximum Gasteiger partial charge on any atom is 0.257 e. The maximum atomic E-state index is 12.3. The third kappa shape index (κ3) is 2.98. The largest absolute Gasteiger partial charge is 0.367 e. The van der Waals surface area contributed by atoms with Crippen LogP contribution < -0.4 is 5.32 Å². The molecule has 0 unspecified atom stereocenters. The van der Waals surface area contributed by atoms with E-state index < -0.39 is 0 Å². The van der Waals surface area contributed by atoms with E-state index in [1.54, 1.807) is 42.7 Å². The molecule has 1 amide bonds. The summed E-state index contributed by atoms with van der Waals surface area (Å²) in [7, 11) is 0. The molecule has 120 valence electrons. The van der Waals surface area contributed by atoms with Crippen LogP contribution in [0.4, 0.5) is 5.13 Å². The summed E-state index contributed by atoms with van der Waals surface area (Å²) in [4.78, 5) is 27.3. The average Bonchev–Trinajstić information content (AvgIpc) is 3.11. The first-order valence-electron chi connectivity index (χ1n) is 7.63. The number of hydrogen-bond donors (Lipinski definition) is 2. The molecule has 4 rings (SSSR count). The van der Waals surface area contributed by atoms with E-state index in [1.807, 2.05) is 0 Å². The van der Waals surface area contributed by atoms with Gasteiger partial charge >= 0.3 is 0 Å². The van der Waals surface area contributed by atoms with Crippen LogP contribution in [0.15, 0.2) is 42.7 Å². The lowest BCUT2D eigenvalue weighted by Crippen LogP contribution is -2.12. The molecule has 1 aliphatic carbocycles. The van der Waals surface area contributed by atoms with E-state index in [1.165, 1.54) is 11.3 Å². The number of carbonyl (C=O) groups is 2. The van der Waals surface area contributed by atoms with Gasteiger partial charge in [-0.15, -0.1) is 10.2 Å². The number of amides is 1. The Labute approximate surface area is 141 Å². The van der Waals surface area contributed by atoms with Gasteiger partial charge in [-0.1, -0.05) is 23.5 Å². The summed E-state index contributed by atoms with van der Waals surface area (Å²) in [6.45, 7) is 0. The van der Waals surface area contributed by atoms with Crippen LogP contribution in [-0.2, 0) is 0 Å². The zero-order chi connectivity index (χ0) is 16.5. The normalized spacial score (nSPS) is 13.7. The Balaban J connectivity index is 1.45. The van der Waals surface area contributed by atoms with Crippen molar-refractivity contribution in [2.75, 3.05) is 5.32 Å². The molecule has 1 saturated carbocycles. The molecule has 1 fully saturated rings.